The second-order valence-corrected chi connectivity index (χ2v) is 23.4. The van der Waals surface area contributed by atoms with E-state index in [-0.39, 0.29) is 45.5 Å². The fourth-order valence-electron chi connectivity index (χ4n) is 11.8. The Morgan fingerprint density at radius 3 is 2.47 bits per heavy atom. The van der Waals surface area contributed by atoms with Gasteiger partial charge in [0.1, 0.15) is 28.7 Å². The number of aliphatic hydroxyl groups is 1. The Kier molecular flexibility index (Phi) is 14.6. The van der Waals surface area contributed by atoms with Crippen molar-refractivity contribution in [2.75, 3.05) is 56.6 Å². The van der Waals surface area contributed by atoms with Gasteiger partial charge in [-0.2, -0.15) is 0 Å². The first-order valence-electron chi connectivity index (χ1n) is 26.0. The van der Waals surface area contributed by atoms with Crippen LogP contribution in [0.2, 0.25) is 0 Å². The van der Waals surface area contributed by atoms with Crippen LogP contribution in [0.25, 0.3) is 11.0 Å². The quantitative estimate of drug-likeness (QED) is 0.0526. The SMILES string of the molecule is COc1ccc(CN2CCN(C3CC4(CCN(c5ccc(C(=O)NS(=O)(=O)c6ccc(NCC7CCC(C)(O)CC7)c([N+](=O)[O-])c6)c(Oc6cnc7[nH]cc(F)c7c6)c5)CC4)C3)[C@H](c3ccccc3C(C)C)C2)cn1. The smallest absolute Gasteiger partial charge is 0.293 e. The summed E-state index contributed by atoms with van der Waals surface area (Å²) in [6.07, 6.45) is 11.3. The maximum atomic E-state index is 14.7. The topological polar surface area (TPSA) is 208 Å². The van der Waals surface area contributed by atoms with Gasteiger partial charge in [0.25, 0.3) is 21.6 Å². The van der Waals surface area contributed by atoms with E-state index in [0.29, 0.717) is 42.9 Å². The van der Waals surface area contributed by atoms with Crippen molar-refractivity contribution in [2.24, 2.45) is 11.3 Å². The largest absolute Gasteiger partial charge is 0.481 e. The number of carbonyl (C=O) groups is 1. The fourth-order valence-corrected chi connectivity index (χ4v) is 12.8. The Balaban J connectivity index is 0.837. The first-order valence-corrected chi connectivity index (χ1v) is 27.5. The molecule has 0 unspecified atom stereocenters. The summed E-state index contributed by atoms with van der Waals surface area (Å²) in [5.41, 5.74) is 4.03. The number of fused-ring (bicyclic) bond motifs is 1. The van der Waals surface area contributed by atoms with Crippen LogP contribution in [0.5, 0.6) is 17.4 Å². The molecule has 1 spiro atoms. The number of carbonyl (C=O) groups excluding carboxylic acids is 1. The van der Waals surface area contributed by atoms with Crippen LogP contribution in [0, 0.1) is 27.3 Å². The summed E-state index contributed by atoms with van der Waals surface area (Å²) in [6, 6.07) is 23.5. The van der Waals surface area contributed by atoms with E-state index in [4.69, 9.17) is 9.47 Å². The molecule has 4 aliphatic rings. The number of aromatic amines is 1. The fraction of sp³-hybridized carbons (Fsp3) is 0.446. The summed E-state index contributed by atoms with van der Waals surface area (Å²) >= 11 is 0. The number of nitrogens with zero attached hydrogens (tertiary/aromatic N) is 6. The van der Waals surface area contributed by atoms with Crippen molar-refractivity contribution in [3.8, 4) is 17.4 Å². The summed E-state index contributed by atoms with van der Waals surface area (Å²) in [5, 5.41) is 25.8. The number of nitro groups is 1. The molecular weight excluding hydrogens is 978 g/mol. The number of pyridine rings is 2. The van der Waals surface area contributed by atoms with Crippen LogP contribution < -0.4 is 24.4 Å². The van der Waals surface area contributed by atoms with Crippen molar-refractivity contribution in [1.82, 2.24) is 29.5 Å². The van der Waals surface area contributed by atoms with Gasteiger partial charge < -0.3 is 29.8 Å². The number of sulfonamides is 1. The first-order chi connectivity index (χ1) is 35.9. The number of benzene rings is 3. The second-order valence-electron chi connectivity index (χ2n) is 21.7. The summed E-state index contributed by atoms with van der Waals surface area (Å²) in [6.45, 7) is 11.9. The molecule has 3 aromatic carbocycles. The van der Waals surface area contributed by atoms with Gasteiger partial charge in [-0.1, -0.05) is 44.2 Å². The number of nitrogens with one attached hydrogen (secondary N) is 3. The Hall–Kier alpha value is -6.67. The van der Waals surface area contributed by atoms with Gasteiger partial charge >= 0.3 is 0 Å². The monoisotopic (exact) mass is 1040 g/mol. The van der Waals surface area contributed by atoms with E-state index in [1.54, 1.807) is 26.2 Å². The number of piperazine rings is 1. The molecule has 17 nitrogen and oxygen atoms in total. The molecule has 2 aliphatic heterocycles. The lowest BCUT2D eigenvalue weighted by atomic mass is 9.59. The van der Waals surface area contributed by atoms with Crippen molar-refractivity contribution in [1.29, 1.82) is 0 Å². The van der Waals surface area contributed by atoms with Crippen molar-refractivity contribution in [2.45, 2.75) is 107 Å². The van der Waals surface area contributed by atoms with E-state index >= 15 is 0 Å². The van der Waals surface area contributed by atoms with E-state index in [9.17, 15) is 32.8 Å². The lowest BCUT2D eigenvalue weighted by Gasteiger charge is -2.58. The summed E-state index contributed by atoms with van der Waals surface area (Å²) in [5.74, 6) is -0.246. The molecule has 4 N–H and O–H groups in total. The lowest BCUT2D eigenvalue weighted by Crippen LogP contribution is -2.60. The van der Waals surface area contributed by atoms with E-state index in [2.05, 4.69) is 83.9 Å². The van der Waals surface area contributed by atoms with Gasteiger partial charge in [0.15, 0.2) is 0 Å². The predicted octanol–water partition coefficient (Wildman–Crippen LogP) is 9.71. The van der Waals surface area contributed by atoms with Crippen LogP contribution in [0.3, 0.4) is 0 Å². The summed E-state index contributed by atoms with van der Waals surface area (Å²) < 4.78 is 56.1. The minimum atomic E-state index is -4.65. The van der Waals surface area contributed by atoms with Gasteiger partial charge in [0, 0.05) is 94.2 Å². The lowest BCUT2D eigenvalue weighted by molar-refractivity contribution is -0.384. The van der Waals surface area contributed by atoms with E-state index in [0.717, 1.165) is 95.1 Å². The number of anilines is 2. The number of amides is 1. The number of ether oxygens (including phenoxy) is 2. The number of hydrogen-bond acceptors (Lipinski definition) is 14. The summed E-state index contributed by atoms with van der Waals surface area (Å²) in [4.78, 5) is 44.3. The van der Waals surface area contributed by atoms with E-state index in [1.165, 1.54) is 47.8 Å². The van der Waals surface area contributed by atoms with Gasteiger partial charge in [-0.05, 0) is 123 Å². The normalized spacial score (nSPS) is 21.5. The molecule has 75 heavy (non-hydrogen) atoms. The molecule has 2 aliphatic carbocycles. The highest BCUT2D eigenvalue weighted by molar-refractivity contribution is 7.90. The Bertz CT molecular complexity index is 3160. The second kappa shape index (κ2) is 21.2. The first kappa shape index (κ1) is 51.8. The molecule has 10 rings (SSSR count). The number of nitro benzene ring substituents is 1. The number of rotatable bonds is 16. The van der Waals surface area contributed by atoms with Gasteiger partial charge in [-0.3, -0.25) is 24.7 Å². The molecule has 3 aromatic heterocycles. The Morgan fingerprint density at radius 2 is 1.75 bits per heavy atom. The predicted molar refractivity (Wildman–Crippen MR) is 284 cm³/mol. The molecule has 6 aromatic rings. The van der Waals surface area contributed by atoms with Crippen LogP contribution in [0.15, 0.2) is 102 Å². The molecule has 19 heteroatoms. The molecule has 2 saturated heterocycles. The zero-order valence-electron chi connectivity index (χ0n) is 42.9. The van der Waals surface area contributed by atoms with Crippen molar-refractivity contribution in [3.63, 3.8) is 0 Å². The van der Waals surface area contributed by atoms with Gasteiger partial charge in [0.2, 0.25) is 5.88 Å². The number of H-pyrrole nitrogens is 1. The molecule has 4 fully saturated rings. The Labute approximate surface area is 437 Å². The maximum Gasteiger partial charge on any atom is 0.293 e. The van der Waals surface area contributed by atoms with Crippen molar-refractivity contribution < 1.29 is 37.1 Å². The van der Waals surface area contributed by atoms with Crippen LogP contribution in [0.4, 0.5) is 21.5 Å². The molecule has 0 bridgehead atoms. The highest BCUT2D eigenvalue weighted by Crippen LogP contribution is 2.53. The number of piperidine rings is 1. The summed E-state index contributed by atoms with van der Waals surface area (Å²) in [7, 11) is -3.01. The van der Waals surface area contributed by atoms with Crippen LogP contribution in [0.1, 0.15) is 111 Å². The van der Waals surface area contributed by atoms with Gasteiger partial charge in [-0.25, -0.2) is 27.5 Å². The number of halogens is 1. The molecule has 396 valence electrons. The van der Waals surface area contributed by atoms with Gasteiger partial charge in [0.05, 0.1) is 39.7 Å². The molecule has 2 saturated carbocycles. The molecular formula is C56H66FN9O8S. The minimum absolute atomic E-state index is 0.0196. The highest BCUT2D eigenvalue weighted by Gasteiger charge is 2.50. The third-order valence-electron chi connectivity index (χ3n) is 16.3. The van der Waals surface area contributed by atoms with E-state index < -0.39 is 42.9 Å². The van der Waals surface area contributed by atoms with Crippen LogP contribution >= 0.6 is 0 Å². The average molecular weight is 1040 g/mol. The Morgan fingerprint density at radius 1 is 0.973 bits per heavy atom. The third-order valence-corrected chi connectivity index (χ3v) is 17.6. The maximum absolute atomic E-state index is 14.7. The number of methoxy groups -OCH3 is 1. The van der Waals surface area contributed by atoms with Crippen molar-refractivity contribution in [3.05, 3.63) is 136 Å². The number of aromatic nitrogens is 3. The highest BCUT2D eigenvalue weighted by atomic mass is 32.2. The zero-order valence-corrected chi connectivity index (χ0v) is 43.7. The van der Waals surface area contributed by atoms with Crippen molar-refractivity contribution >= 4 is 44.0 Å². The molecule has 1 amide bonds. The minimum Gasteiger partial charge on any atom is -0.481 e. The standard InChI is InChI=1S/C56H66FN9O8S/c1-36(2)43-7-5-6-8-44(43)50-35-63(34-38-9-14-52(73-4)59-31-38)23-24-65(50)40-28-56(29-40)19-21-64(22-20-56)39-10-12-45(51(25-39)74-41-26-46-47(57)33-61-53(46)60-32-41)54(67)62-75(71,72)42-11-13-48(49(27-42)66(69)70)58-30-37-15-17-55(3,68)18-16-37/h5-14,25-27,31-33,36-37,40,50,58,68H,15-24,28-30,34-35H2,1-4H3,(H,60,61)(H,62,67)/t37?,50-,55?/m0/s1. The van der Waals surface area contributed by atoms with Crippen LogP contribution in [-0.2, 0) is 16.6 Å². The van der Waals surface area contributed by atoms with Crippen LogP contribution in [-0.4, -0.2) is 107 Å². The van der Waals surface area contributed by atoms with E-state index in [1.807, 2.05) is 12.3 Å². The zero-order chi connectivity index (χ0) is 52.6. The third kappa shape index (κ3) is 11.3. The average Bonchev–Trinajstić information content (AvgIpc) is 3.76. The molecule has 0 radical (unpaired) electrons. The molecule has 1 atom stereocenters. The molecule has 5 heterocycles. The number of hydrogen-bond donors (Lipinski definition) is 4. The van der Waals surface area contributed by atoms with Gasteiger partial charge in [-0.15, -0.1) is 0 Å².